The number of carbonyl (C=O) groups is 1. The van der Waals surface area contributed by atoms with E-state index in [1.54, 1.807) is 18.2 Å². The zero-order valence-electron chi connectivity index (χ0n) is 17.3. The minimum atomic E-state index is -0.300. The van der Waals surface area contributed by atoms with Gasteiger partial charge in [0.2, 0.25) is 5.91 Å². The zero-order chi connectivity index (χ0) is 22.0. The number of rotatable bonds is 6. The van der Waals surface area contributed by atoms with E-state index in [1.807, 2.05) is 36.7 Å². The van der Waals surface area contributed by atoms with Gasteiger partial charge in [-0.2, -0.15) is 5.10 Å². The highest BCUT2D eigenvalue weighted by Crippen LogP contribution is 2.15. The number of carbonyl (C=O) groups excluding carboxylic acids is 1. The smallest absolute Gasteiger partial charge is 0.261 e. The number of aromatic nitrogens is 4. The average Bonchev–Trinajstić information content (AvgIpc) is 3.02. The maximum absolute atomic E-state index is 12.6. The van der Waals surface area contributed by atoms with Gasteiger partial charge in [-0.15, -0.1) is 0 Å². The van der Waals surface area contributed by atoms with E-state index in [1.165, 1.54) is 10.9 Å². The van der Waals surface area contributed by atoms with Crippen molar-refractivity contribution in [2.45, 2.75) is 33.5 Å². The third-order valence-electron chi connectivity index (χ3n) is 5.27. The van der Waals surface area contributed by atoms with Gasteiger partial charge in [-0.1, -0.05) is 41.9 Å². The van der Waals surface area contributed by atoms with Crippen molar-refractivity contribution in [3.63, 3.8) is 0 Å². The van der Waals surface area contributed by atoms with E-state index < -0.39 is 0 Å². The number of halogens is 1. The van der Waals surface area contributed by atoms with Crippen molar-refractivity contribution >= 4 is 28.4 Å². The van der Waals surface area contributed by atoms with Crippen molar-refractivity contribution in [3.8, 4) is 0 Å². The van der Waals surface area contributed by atoms with E-state index in [4.69, 9.17) is 11.6 Å². The number of benzene rings is 2. The summed E-state index contributed by atoms with van der Waals surface area (Å²) in [6.07, 6.45) is 1.38. The van der Waals surface area contributed by atoms with E-state index in [-0.39, 0.29) is 18.0 Å². The van der Waals surface area contributed by atoms with Crippen molar-refractivity contribution in [3.05, 3.63) is 92.7 Å². The predicted octanol–water partition coefficient (Wildman–Crippen LogP) is 3.23. The van der Waals surface area contributed by atoms with Gasteiger partial charge in [-0.05, 0) is 37.6 Å². The molecular formula is C23H22ClN5O2. The van der Waals surface area contributed by atoms with Crippen LogP contribution < -0.4 is 10.9 Å². The summed E-state index contributed by atoms with van der Waals surface area (Å²) in [6, 6.07) is 15.0. The van der Waals surface area contributed by atoms with Crippen LogP contribution in [0.25, 0.3) is 10.9 Å². The molecule has 0 atom stereocenters. The molecule has 0 aliphatic rings. The molecule has 0 aliphatic heterocycles. The molecule has 0 saturated heterocycles. The zero-order valence-corrected chi connectivity index (χ0v) is 18.1. The Kier molecular flexibility index (Phi) is 5.86. The fraction of sp³-hybridized carbons (Fsp3) is 0.217. The van der Waals surface area contributed by atoms with Crippen LogP contribution in [-0.4, -0.2) is 25.2 Å². The van der Waals surface area contributed by atoms with Crippen LogP contribution in [0.15, 0.2) is 59.7 Å². The molecule has 0 aliphatic carbocycles. The SMILES string of the molecule is Cc1nn(Cc2ccccc2)c(C)c1CNC(=O)Cn1cnc2ccc(Cl)cc2c1=O. The Morgan fingerprint density at radius 3 is 2.68 bits per heavy atom. The first-order valence-electron chi connectivity index (χ1n) is 9.90. The van der Waals surface area contributed by atoms with Gasteiger partial charge in [0.15, 0.2) is 0 Å². The Morgan fingerprint density at radius 1 is 1.13 bits per heavy atom. The summed E-state index contributed by atoms with van der Waals surface area (Å²) in [4.78, 5) is 29.4. The van der Waals surface area contributed by atoms with Crippen LogP contribution >= 0.6 is 11.6 Å². The minimum Gasteiger partial charge on any atom is -0.350 e. The normalized spacial score (nSPS) is 11.1. The molecule has 0 saturated carbocycles. The third-order valence-corrected chi connectivity index (χ3v) is 5.50. The fourth-order valence-corrected chi connectivity index (χ4v) is 3.71. The molecule has 2 aromatic heterocycles. The van der Waals surface area contributed by atoms with Crippen LogP contribution in [0.5, 0.6) is 0 Å². The summed E-state index contributed by atoms with van der Waals surface area (Å²) in [6.45, 7) is 4.81. The first-order valence-corrected chi connectivity index (χ1v) is 10.3. The number of hydrogen-bond acceptors (Lipinski definition) is 4. The molecule has 8 heteroatoms. The lowest BCUT2D eigenvalue weighted by Crippen LogP contribution is -2.32. The average molecular weight is 436 g/mol. The maximum Gasteiger partial charge on any atom is 0.261 e. The summed E-state index contributed by atoms with van der Waals surface area (Å²) in [5.41, 5.74) is 4.24. The molecule has 2 aromatic carbocycles. The van der Waals surface area contributed by atoms with Gasteiger partial charge in [0.05, 0.1) is 29.5 Å². The number of nitrogens with one attached hydrogen (secondary N) is 1. The van der Waals surface area contributed by atoms with Crippen LogP contribution in [0.2, 0.25) is 5.02 Å². The number of nitrogens with zero attached hydrogens (tertiary/aromatic N) is 4. The highest BCUT2D eigenvalue weighted by Gasteiger charge is 2.14. The Balaban J connectivity index is 1.45. The molecule has 0 unspecified atom stereocenters. The van der Waals surface area contributed by atoms with E-state index in [0.29, 0.717) is 29.0 Å². The highest BCUT2D eigenvalue weighted by atomic mass is 35.5. The first-order chi connectivity index (χ1) is 14.9. The van der Waals surface area contributed by atoms with Crippen LogP contribution in [0.1, 0.15) is 22.5 Å². The fourth-order valence-electron chi connectivity index (χ4n) is 3.54. The molecule has 158 valence electrons. The van der Waals surface area contributed by atoms with Gasteiger partial charge < -0.3 is 5.32 Å². The molecule has 2 heterocycles. The van der Waals surface area contributed by atoms with Crippen molar-refractivity contribution in [2.75, 3.05) is 0 Å². The second kappa shape index (κ2) is 8.73. The molecular weight excluding hydrogens is 414 g/mol. The highest BCUT2D eigenvalue weighted by molar-refractivity contribution is 6.31. The summed E-state index contributed by atoms with van der Waals surface area (Å²) < 4.78 is 3.22. The number of aryl methyl sites for hydroxylation is 1. The summed E-state index contributed by atoms with van der Waals surface area (Å²) >= 11 is 5.99. The largest absolute Gasteiger partial charge is 0.350 e. The van der Waals surface area contributed by atoms with E-state index in [9.17, 15) is 9.59 Å². The van der Waals surface area contributed by atoms with E-state index >= 15 is 0 Å². The Bertz CT molecular complexity index is 1310. The molecule has 0 spiro atoms. The monoisotopic (exact) mass is 435 g/mol. The van der Waals surface area contributed by atoms with Crippen LogP contribution in [0.3, 0.4) is 0 Å². The van der Waals surface area contributed by atoms with Crippen molar-refractivity contribution in [2.24, 2.45) is 0 Å². The van der Waals surface area contributed by atoms with Crippen molar-refractivity contribution in [1.29, 1.82) is 0 Å². The molecule has 4 rings (SSSR count). The first kappa shape index (κ1) is 20.8. The number of hydrogen-bond donors (Lipinski definition) is 1. The molecule has 0 fully saturated rings. The Hall–Kier alpha value is -3.45. The standard InChI is InChI=1S/C23H22ClN5O2/c1-15-20(16(2)29(27-15)12-17-6-4-3-5-7-17)11-25-22(30)13-28-14-26-21-9-8-18(24)10-19(21)23(28)31/h3-10,14H,11-13H2,1-2H3,(H,25,30). The number of amides is 1. The van der Waals surface area contributed by atoms with Crippen LogP contribution in [0, 0.1) is 13.8 Å². The lowest BCUT2D eigenvalue weighted by Gasteiger charge is -2.09. The van der Waals surface area contributed by atoms with E-state index in [0.717, 1.165) is 22.5 Å². The lowest BCUT2D eigenvalue weighted by molar-refractivity contribution is -0.121. The topological polar surface area (TPSA) is 81.8 Å². The van der Waals surface area contributed by atoms with Crippen LogP contribution in [-0.2, 0) is 24.4 Å². The van der Waals surface area contributed by atoms with Crippen molar-refractivity contribution in [1.82, 2.24) is 24.6 Å². The molecule has 0 radical (unpaired) electrons. The molecule has 1 N–H and O–H groups in total. The van der Waals surface area contributed by atoms with Gasteiger partial charge in [0.1, 0.15) is 6.54 Å². The molecule has 7 nitrogen and oxygen atoms in total. The van der Waals surface area contributed by atoms with Crippen LogP contribution in [0.4, 0.5) is 0 Å². The van der Waals surface area contributed by atoms with E-state index in [2.05, 4.69) is 27.5 Å². The molecule has 0 bridgehead atoms. The van der Waals surface area contributed by atoms with Gasteiger partial charge in [-0.3, -0.25) is 18.8 Å². The molecule has 31 heavy (non-hydrogen) atoms. The summed E-state index contributed by atoms with van der Waals surface area (Å²) in [5, 5.41) is 8.34. The number of fused-ring (bicyclic) bond motifs is 1. The minimum absolute atomic E-state index is 0.121. The van der Waals surface area contributed by atoms with Gasteiger partial charge in [0, 0.05) is 22.8 Å². The Labute approximate surface area is 184 Å². The second-order valence-corrected chi connectivity index (χ2v) is 7.84. The van der Waals surface area contributed by atoms with Gasteiger partial charge in [-0.25, -0.2) is 4.98 Å². The van der Waals surface area contributed by atoms with Gasteiger partial charge >= 0.3 is 0 Å². The summed E-state index contributed by atoms with van der Waals surface area (Å²) in [7, 11) is 0. The predicted molar refractivity (Wildman–Crippen MR) is 120 cm³/mol. The van der Waals surface area contributed by atoms with Gasteiger partial charge in [0.25, 0.3) is 5.56 Å². The second-order valence-electron chi connectivity index (χ2n) is 7.41. The molecule has 1 amide bonds. The maximum atomic E-state index is 12.6. The Morgan fingerprint density at radius 2 is 1.90 bits per heavy atom. The molecule has 4 aromatic rings. The van der Waals surface area contributed by atoms with Crippen molar-refractivity contribution < 1.29 is 4.79 Å². The summed E-state index contributed by atoms with van der Waals surface area (Å²) in [5.74, 6) is -0.278. The lowest BCUT2D eigenvalue weighted by atomic mass is 10.2. The quantitative estimate of drug-likeness (QED) is 0.504. The third kappa shape index (κ3) is 4.51.